The van der Waals surface area contributed by atoms with Gasteiger partial charge in [0.1, 0.15) is 0 Å². The predicted octanol–water partition coefficient (Wildman–Crippen LogP) is 3.77. The normalized spacial score (nSPS) is 12.5. The van der Waals surface area contributed by atoms with Gasteiger partial charge >= 0.3 is 0 Å². The fourth-order valence-electron chi connectivity index (χ4n) is 1.71. The highest BCUT2D eigenvalue weighted by Gasteiger charge is 2.06. The third kappa shape index (κ3) is 3.90. The lowest BCUT2D eigenvalue weighted by atomic mass is 9.96. The van der Waals surface area contributed by atoms with Crippen LogP contribution in [-0.2, 0) is 0 Å². The summed E-state index contributed by atoms with van der Waals surface area (Å²) in [6.45, 7) is 4.50. The van der Waals surface area contributed by atoms with E-state index >= 15 is 0 Å². The van der Waals surface area contributed by atoms with Crippen LogP contribution in [0.2, 0.25) is 0 Å². The van der Waals surface area contributed by atoms with Gasteiger partial charge in [-0.1, -0.05) is 33.1 Å². The van der Waals surface area contributed by atoms with Crippen molar-refractivity contribution in [3.8, 4) is 5.88 Å². The zero-order valence-electron chi connectivity index (χ0n) is 9.99. The Morgan fingerprint density at radius 2 is 2.20 bits per heavy atom. The molecule has 1 aromatic heterocycles. The third-order valence-corrected chi connectivity index (χ3v) is 2.78. The number of hydrogen-bond acceptors (Lipinski definition) is 2. The molecule has 1 unspecified atom stereocenters. The maximum atomic E-state index is 5.12. The minimum atomic E-state index is 0.605. The second-order valence-electron chi connectivity index (χ2n) is 4.03. The first-order valence-corrected chi connectivity index (χ1v) is 5.77. The standard InChI is InChI=1S/C13H21NO/c1-4-5-6-7-11(2)12-8-9-14-13(10-12)15-3/h8-11H,4-7H2,1-3H3. The number of unbranched alkanes of at least 4 members (excludes halogenated alkanes) is 2. The Bertz CT molecular complexity index is 286. The molecule has 0 bridgehead atoms. The summed E-state index contributed by atoms with van der Waals surface area (Å²) >= 11 is 0. The highest BCUT2D eigenvalue weighted by Crippen LogP contribution is 2.23. The van der Waals surface area contributed by atoms with Crippen molar-refractivity contribution >= 4 is 0 Å². The Kier molecular flexibility index (Phi) is 5.16. The zero-order chi connectivity index (χ0) is 11.1. The largest absolute Gasteiger partial charge is 0.481 e. The van der Waals surface area contributed by atoms with E-state index in [0.29, 0.717) is 5.92 Å². The molecule has 2 heteroatoms. The number of aromatic nitrogens is 1. The van der Waals surface area contributed by atoms with Crippen molar-refractivity contribution in [3.05, 3.63) is 23.9 Å². The summed E-state index contributed by atoms with van der Waals surface area (Å²) in [5.74, 6) is 1.32. The van der Waals surface area contributed by atoms with Crippen molar-refractivity contribution in [1.29, 1.82) is 0 Å². The van der Waals surface area contributed by atoms with Crippen LogP contribution in [0.4, 0.5) is 0 Å². The summed E-state index contributed by atoms with van der Waals surface area (Å²) in [5.41, 5.74) is 1.33. The Morgan fingerprint density at radius 1 is 1.40 bits per heavy atom. The molecule has 0 aliphatic carbocycles. The lowest BCUT2D eigenvalue weighted by molar-refractivity contribution is 0.396. The molecule has 0 aliphatic rings. The van der Waals surface area contributed by atoms with Crippen LogP contribution in [0.1, 0.15) is 51.0 Å². The van der Waals surface area contributed by atoms with Crippen LogP contribution >= 0.6 is 0 Å². The molecule has 15 heavy (non-hydrogen) atoms. The average Bonchev–Trinajstić information content (AvgIpc) is 2.29. The molecule has 0 saturated heterocycles. The summed E-state index contributed by atoms with van der Waals surface area (Å²) in [4.78, 5) is 4.11. The fraction of sp³-hybridized carbons (Fsp3) is 0.615. The van der Waals surface area contributed by atoms with Gasteiger partial charge in [-0.25, -0.2) is 4.98 Å². The first-order chi connectivity index (χ1) is 7.27. The van der Waals surface area contributed by atoms with Gasteiger partial charge in [-0.2, -0.15) is 0 Å². The maximum absolute atomic E-state index is 5.12. The van der Waals surface area contributed by atoms with Crippen LogP contribution in [0, 0.1) is 0 Å². The summed E-state index contributed by atoms with van der Waals surface area (Å²) in [5, 5.41) is 0. The van der Waals surface area contributed by atoms with E-state index in [1.165, 1.54) is 31.2 Å². The second kappa shape index (κ2) is 6.44. The van der Waals surface area contributed by atoms with Gasteiger partial charge in [0.2, 0.25) is 5.88 Å². The van der Waals surface area contributed by atoms with Crippen molar-refractivity contribution in [2.75, 3.05) is 7.11 Å². The van der Waals surface area contributed by atoms with Gasteiger partial charge in [0.15, 0.2) is 0 Å². The molecule has 0 aromatic carbocycles. The summed E-state index contributed by atoms with van der Waals surface area (Å²) in [7, 11) is 1.66. The number of hydrogen-bond donors (Lipinski definition) is 0. The summed E-state index contributed by atoms with van der Waals surface area (Å²) < 4.78 is 5.12. The number of ether oxygens (including phenoxy) is 1. The Labute approximate surface area is 92.7 Å². The van der Waals surface area contributed by atoms with Crippen LogP contribution in [0.25, 0.3) is 0 Å². The smallest absolute Gasteiger partial charge is 0.213 e. The minimum absolute atomic E-state index is 0.605. The molecule has 1 atom stereocenters. The van der Waals surface area contributed by atoms with Crippen molar-refractivity contribution < 1.29 is 4.74 Å². The van der Waals surface area contributed by atoms with Crippen molar-refractivity contribution in [2.45, 2.75) is 45.4 Å². The van der Waals surface area contributed by atoms with Gasteiger partial charge in [0, 0.05) is 12.3 Å². The van der Waals surface area contributed by atoms with E-state index in [1.807, 2.05) is 12.3 Å². The Hall–Kier alpha value is -1.05. The van der Waals surface area contributed by atoms with Gasteiger partial charge in [0.25, 0.3) is 0 Å². The Morgan fingerprint density at radius 3 is 2.87 bits per heavy atom. The molecule has 2 nitrogen and oxygen atoms in total. The molecule has 0 radical (unpaired) electrons. The van der Waals surface area contributed by atoms with Crippen LogP contribution in [0.3, 0.4) is 0 Å². The van der Waals surface area contributed by atoms with E-state index in [4.69, 9.17) is 4.74 Å². The molecule has 0 aliphatic heterocycles. The molecule has 0 fully saturated rings. The lowest BCUT2D eigenvalue weighted by Gasteiger charge is -2.11. The summed E-state index contributed by atoms with van der Waals surface area (Å²) in [6.07, 6.45) is 6.99. The van der Waals surface area contributed by atoms with Crippen LogP contribution in [-0.4, -0.2) is 12.1 Å². The van der Waals surface area contributed by atoms with Crippen LogP contribution in [0.15, 0.2) is 18.3 Å². The van der Waals surface area contributed by atoms with Crippen molar-refractivity contribution in [2.24, 2.45) is 0 Å². The van der Waals surface area contributed by atoms with E-state index in [9.17, 15) is 0 Å². The maximum Gasteiger partial charge on any atom is 0.213 e. The van der Waals surface area contributed by atoms with E-state index in [-0.39, 0.29) is 0 Å². The quantitative estimate of drug-likeness (QED) is 0.662. The molecular weight excluding hydrogens is 186 g/mol. The zero-order valence-corrected chi connectivity index (χ0v) is 9.99. The Balaban J connectivity index is 2.52. The number of pyridine rings is 1. The minimum Gasteiger partial charge on any atom is -0.481 e. The van der Waals surface area contributed by atoms with Gasteiger partial charge in [-0.05, 0) is 24.0 Å². The van der Waals surface area contributed by atoms with E-state index in [0.717, 1.165) is 5.88 Å². The highest BCUT2D eigenvalue weighted by atomic mass is 16.5. The highest BCUT2D eigenvalue weighted by molar-refractivity contribution is 5.23. The van der Waals surface area contributed by atoms with Gasteiger partial charge in [-0.15, -0.1) is 0 Å². The second-order valence-corrected chi connectivity index (χ2v) is 4.03. The van der Waals surface area contributed by atoms with Gasteiger partial charge < -0.3 is 4.74 Å². The van der Waals surface area contributed by atoms with E-state index < -0.39 is 0 Å². The third-order valence-electron chi connectivity index (χ3n) is 2.78. The van der Waals surface area contributed by atoms with E-state index in [1.54, 1.807) is 7.11 Å². The number of nitrogens with zero attached hydrogens (tertiary/aromatic N) is 1. The summed E-state index contributed by atoms with van der Waals surface area (Å²) in [6, 6.07) is 4.12. The molecule has 0 N–H and O–H groups in total. The van der Waals surface area contributed by atoms with E-state index in [2.05, 4.69) is 24.9 Å². The molecule has 0 amide bonds. The monoisotopic (exact) mass is 207 g/mol. The first kappa shape index (κ1) is 12.0. The molecule has 1 aromatic rings. The number of methoxy groups -OCH3 is 1. The predicted molar refractivity (Wildman–Crippen MR) is 63.3 cm³/mol. The molecular formula is C13H21NO. The molecule has 0 spiro atoms. The first-order valence-electron chi connectivity index (χ1n) is 5.77. The lowest BCUT2D eigenvalue weighted by Crippen LogP contribution is -1.96. The van der Waals surface area contributed by atoms with Crippen LogP contribution < -0.4 is 4.74 Å². The molecule has 1 heterocycles. The number of rotatable bonds is 6. The molecule has 84 valence electrons. The average molecular weight is 207 g/mol. The van der Waals surface area contributed by atoms with Crippen LogP contribution in [0.5, 0.6) is 5.88 Å². The van der Waals surface area contributed by atoms with Gasteiger partial charge in [0.05, 0.1) is 7.11 Å². The molecule has 1 rings (SSSR count). The van der Waals surface area contributed by atoms with Gasteiger partial charge in [-0.3, -0.25) is 0 Å². The van der Waals surface area contributed by atoms with Crippen molar-refractivity contribution in [1.82, 2.24) is 4.98 Å². The topological polar surface area (TPSA) is 22.1 Å². The molecule has 0 saturated carbocycles. The van der Waals surface area contributed by atoms with Crippen molar-refractivity contribution in [3.63, 3.8) is 0 Å². The SMILES string of the molecule is CCCCCC(C)c1ccnc(OC)c1. The fourth-order valence-corrected chi connectivity index (χ4v) is 1.71.